The number of hydrogen-bond donors (Lipinski definition) is 1. The van der Waals surface area contributed by atoms with Gasteiger partial charge in [0.2, 0.25) is 0 Å². The summed E-state index contributed by atoms with van der Waals surface area (Å²) in [7, 11) is 0. The van der Waals surface area contributed by atoms with Gasteiger partial charge in [-0.15, -0.1) is 0 Å². The molecule has 2 nitrogen and oxygen atoms in total. The maximum atomic E-state index is 11.4. The molecule has 0 aliphatic heterocycles. The Labute approximate surface area is 109 Å². The van der Waals surface area contributed by atoms with Crippen LogP contribution in [-0.4, -0.2) is 11.1 Å². The predicted octanol–water partition coefficient (Wildman–Crippen LogP) is 3.07. The lowest BCUT2D eigenvalue weighted by molar-refractivity contribution is -0.138. The van der Waals surface area contributed by atoms with Crippen LogP contribution >= 0.6 is 0 Å². The van der Waals surface area contributed by atoms with E-state index in [1.807, 2.05) is 0 Å². The minimum absolute atomic E-state index is 0.544. The van der Waals surface area contributed by atoms with Crippen molar-refractivity contribution in [2.24, 2.45) is 5.89 Å². The summed E-state index contributed by atoms with van der Waals surface area (Å²) in [5, 5.41) is 9.19. The zero-order valence-electron chi connectivity index (χ0n) is 20.7. The van der Waals surface area contributed by atoms with Gasteiger partial charge in [-0.2, -0.15) is 0 Å². The van der Waals surface area contributed by atoms with Crippen molar-refractivity contribution in [3.63, 3.8) is 0 Å². The molecule has 1 atom stereocenters. The first-order chi connectivity index (χ1) is 12.2. The highest BCUT2D eigenvalue weighted by molar-refractivity contribution is 5.75. The quantitative estimate of drug-likeness (QED) is 0.845. The molecular weight excluding hydrogens is 188 g/mol. The van der Waals surface area contributed by atoms with Crippen LogP contribution in [-0.2, 0) is 11.2 Å². The summed E-state index contributed by atoms with van der Waals surface area (Å²) in [5.41, 5.74) is -1.13. The molecule has 82 valence electrons. The second kappa shape index (κ2) is 4.96. The summed E-state index contributed by atoms with van der Waals surface area (Å²) in [5.74, 6) is -8.63. The molecule has 1 aromatic carbocycles. The number of carboxylic acids is 1. The van der Waals surface area contributed by atoms with Crippen LogP contribution in [0, 0.1) is 5.89 Å². The molecule has 0 saturated heterocycles. The molecule has 1 N–H and O–H groups in total. The standard InChI is InChI=1S/C13H18O2/c1-9(2)8-11-4-6-12(7-5-11)10(3)13(14)15/h4-7,9-10H,8H2,1-3H3,(H,14,15)/t10-/m0/s1/i1D3,2D3,3D3,8D2,9D,10D. The summed E-state index contributed by atoms with van der Waals surface area (Å²) in [4.78, 5) is 11.4. The van der Waals surface area contributed by atoms with Crippen LogP contribution in [0.25, 0.3) is 0 Å². The van der Waals surface area contributed by atoms with E-state index in [1.165, 1.54) is 0 Å². The van der Waals surface area contributed by atoms with Gasteiger partial charge in [0, 0.05) is 17.8 Å². The number of rotatable bonds is 4. The molecule has 0 radical (unpaired) electrons. The third-order valence-electron chi connectivity index (χ3n) is 1.66. The molecule has 1 rings (SSSR count). The van der Waals surface area contributed by atoms with E-state index in [9.17, 15) is 9.90 Å². The fourth-order valence-corrected chi connectivity index (χ4v) is 0.988. The Morgan fingerprint density at radius 3 is 2.60 bits per heavy atom. The highest BCUT2D eigenvalue weighted by atomic mass is 16.4. The van der Waals surface area contributed by atoms with E-state index in [0.717, 1.165) is 24.3 Å². The van der Waals surface area contributed by atoms with Gasteiger partial charge < -0.3 is 5.11 Å². The van der Waals surface area contributed by atoms with Gasteiger partial charge >= 0.3 is 5.97 Å². The van der Waals surface area contributed by atoms with E-state index in [1.54, 1.807) is 0 Å². The van der Waals surface area contributed by atoms with Crippen molar-refractivity contribution >= 4 is 5.97 Å². The van der Waals surface area contributed by atoms with Gasteiger partial charge in [0.05, 0.1) is 5.89 Å². The maximum Gasteiger partial charge on any atom is 0.310 e. The first kappa shape index (κ1) is 3.09. The van der Waals surface area contributed by atoms with Crippen LogP contribution in [0.5, 0.6) is 0 Å². The molecule has 15 heavy (non-hydrogen) atoms. The molecule has 2 heteroatoms. The Morgan fingerprint density at radius 2 is 2.13 bits per heavy atom. The smallest absolute Gasteiger partial charge is 0.310 e. The summed E-state index contributed by atoms with van der Waals surface area (Å²) in [6.45, 7) is -10.4. The molecule has 0 spiro atoms. The molecule has 0 aliphatic rings. The molecule has 0 aromatic heterocycles. The van der Waals surface area contributed by atoms with Crippen LogP contribution in [0.15, 0.2) is 24.3 Å². The van der Waals surface area contributed by atoms with Crippen molar-refractivity contribution < 1.29 is 27.7 Å². The number of carboxylic acid groups (broad SMARTS) is 1. The van der Waals surface area contributed by atoms with Crippen molar-refractivity contribution in [3.8, 4) is 0 Å². The fourth-order valence-electron chi connectivity index (χ4n) is 0.988. The van der Waals surface area contributed by atoms with Crippen molar-refractivity contribution in [2.45, 2.75) is 32.8 Å². The van der Waals surface area contributed by atoms with E-state index in [2.05, 4.69) is 0 Å². The largest absolute Gasteiger partial charge is 0.481 e. The Kier molecular flexibility index (Phi) is 1.02. The van der Waals surface area contributed by atoms with E-state index >= 15 is 0 Å². The van der Waals surface area contributed by atoms with Gasteiger partial charge in [0.25, 0.3) is 0 Å². The molecular formula is C13H18O2. The van der Waals surface area contributed by atoms with Crippen molar-refractivity contribution in [1.82, 2.24) is 0 Å². The van der Waals surface area contributed by atoms with Crippen LogP contribution in [0.1, 0.15) is 55.4 Å². The molecule has 0 saturated carbocycles. The fraction of sp³-hybridized carbons (Fsp3) is 0.462. The first-order valence-electron chi connectivity index (χ1n) is 10.5. The molecule has 0 heterocycles. The van der Waals surface area contributed by atoms with Gasteiger partial charge in [-0.3, -0.25) is 4.79 Å². The molecule has 0 amide bonds. The second-order valence-electron chi connectivity index (χ2n) is 2.76. The minimum atomic E-state index is -3.57. The van der Waals surface area contributed by atoms with E-state index in [0.29, 0.717) is 0 Å². The lowest BCUT2D eigenvalue weighted by Crippen LogP contribution is -2.07. The zero-order chi connectivity index (χ0) is 22.6. The van der Waals surface area contributed by atoms with E-state index in [4.69, 9.17) is 17.8 Å². The van der Waals surface area contributed by atoms with Gasteiger partial charge in [0.15, 0.2) is 0 Å². The van der Waals surface area contributed by atoms with Crippen LogP contribution in [0.2, 0.25) is 0 Å². The molecule has 0 unspecified atom stereocenters. The highest BCUT2D eigenvalue weighted by Gasteiger charge is 2.12. The Balaban J connectivity index is 3.62. The van der Waals surface area contributed by atoms with Crippen molar-refractivity contribution in [1.29, 1.82) is 0 Å². The van der Waals surface area contributed by atoms with Gasteiger partial charge in [-0.05, 0) is 30.2 Å². The summed E-state index contributed by atoms with van der Waals surface area (Å²) in [6.07, 6.45) is -3.25. The van der Waals surface area contributed by atoms with Gasteiger partial charge in [0.1, 0.15) is 0 Å². The third kappa shape index (κ3) is 3.39. The van der Waals surface area contributed by atoms with Crippen LogP contribution in [0.3, 0.4) is 0 Å². The molecule has 0 bridgehead atoms. The van der Waals surface area contributed by atoms with Crippen molar-refractivity contribution in [2.75, 3.05) is 0 Å². The Morgan fingerprint density at radius 1 is 1.47 bits per heavy atom. The Hall–Kier alpha value is -1.31. The number of benzene rings is 1. The Bertz CT molecular complexity index is 715. The first-order valence-corrected chi connectivity index (χ1v) is 4.00. The maximum absolute atomic E-state index is 11.4. The van der Waals surface area contributed by atoms with Gasteiger partial charge in [-0.1, -0.05) is 38.0 Å². The van der Waals surface area contributed by atoms with Crippen LogP contribution < -0.4 is 0 Å². The minimum Gasteiger partial charge on any atom is -0.481 e. The summed E-state index contributed by atoms with van der Waals surface area (Å²) >= 11 is 0. The lowest BCUT2D eigenvalue weighted by atomic mass is 9.97. The normalized spacial score (nSPS) is 31.9. The van der Waals surface area contributed by atoms with Crippen molar-refractivity contribution in [3.05, 3.63) is 35.4 Å². The topological polar surface area (TPSA) is 37.3 Å². The number of carbonyl (C=O) groups is 1. The highest BCUT2D eigenvalue weighted by Crippen LogP contribution is 2.17. The molecule has 0 aliphatic carbocycles. The average molecular weight is 219 g/mol. The second-order valence-corrected chi connectivity index (χ2v) is 2.76. The number of aliphatic carboxylic acids is 1. The third-order valence-corrected chi connectivity index (χ3v) is 1.66. The van der Waals surface area contributed by atoms with Gasteiger partial charge in [-0.25, -0.2) is 0 Å². The SMILES string of the molecule is [2H]C([2H])([2H])C([2H])(C([2H])([2H])[2H])C([2H])([2H])c1ccc([C@@]([2H])(C(=O)O)C([2H])([2H])[2H])cc1. The summed E-state index contributed by atoms with van der Waals surface area (Å²) < 4.78 is 98.2. The molecule has 1 aromatic rings. The molecule has 0 fully saturated rings. The summed E-state index contributed by atoms with van der Waals surface area (Å²) in [6, 6.07) is 3.16. The van der Waals surface area contributed by atoms with E-state index < -0.39 is 55.8 Å². The monoisotopic (exact) mass is 219 g/mol. The lowest BCUT2D eigenvalue weighted by Gasteiger charge is -2.09. The average Bonchev–Trinajstić information content (AvgIpc) is 2.49. The number of hydrogen-bond acceptors (Lipinski definition) is 1. The van der Waals surface area contributed by atoms with E-state index in [-0.39, 0.29) is 0 Å². The van der Waals surface area contributed by atoms with Crippen LogP contribution in [0.4, 0.5) is 0 Å². The predicted molar refractivity (Wildman–Crippen MR) is 61.0 cm³/mol. The zero-order valence-corrected chi connectivity index (χ0v) is 7.66.